The summed E-state index contributed by atoms with van der Waals surface area (Å²) in [5.74, 6) is 1.81. The van der Waals surface area contributed by atoms with E-state index in [9.17, 15) is 10.1 Å². The summed E-state index contributed by atoms with van der Waals surface area (Å²) in [7, 11) is 1.84. The van der Waals surface area contributed by atoms with Crippen LogP contribution in [0.4, 0.5) is 11.6 Å². The topological polar surface area (TPSA) is 76.2 Å². The Labute approximate surface area is 119 Å². The minimum absolute atomic E-state index is 0.0318. The predicted molar refractivity (Wildman–Crippen MR) is 78.1 cm³/mol. The van der Waals surface area contributed by atoms with E-state index < -0.39 is 0 Å². The van der Waals surface area contributed by atoms with Crippen molar-refractivity contribution in [3.63, 3.8) is 0 Å². The highest BCUT2D eigenvalue weighted by Gasteiger charge is 2.29. The summed E-state index contributed by atoms with van der Waals surface area (Å²) in [5, 5.41) is 14.6. The van der Waals surface area contributed by atoms with Gasteiger partial charge in [-0.15, -0.1) is 0 Å². The Bertz CT molecular complexity index is 479. The third kappa shape index (κ3) is 2.92. The van der Waals surface area contributed by atoms with Crippen LogP contribution in [-0.4, -0.2) is 40.7 Å². The van der Waals surface area contributed by atoms with Gasteiger partial charge in [-0.05, 0) is 48.7 Å². The molecule has 0 spiro atoms. The number of anilines is 1. The number of hydrogen-bond acceptors (Lipinski definition) is 5. The van der Waals surface area contributed by atoms with Gasteiger partial charge in [0.25, 0.3) is 0 Å². The molecular formula is C13H23N5O2. The molecule has 0 aliphatic carbocycles. The van der Waals surface area contributed by atoms with Crippen molar-refractivity contribution in [2.75, 3.05) is 31.1 Å². The molecule has 2 rings (SSSR count). The average molecular weight is 281 g/mol. The summed E-state index contributed by atoms with van der Waals surface area (Å²) in [5.41, 5.74) is 0. The van der Waals surface area contributed by atoms with E-state index in [1.54, 1.807) is 6.92 Å². The fourth-order valence-electron chi connectivity index (χ4n) is 2.81. The second-order valence-corrected chi connectivity index (χ2v) is 5.37. The third-order valence-electron chi connectivity index (χ3n) is 4.00. The van der Waals surface area contributed by atoms with Crippen LogP contribution in [0.5, 0.6) is 0 Å². The van der Waals surface area contributed by atoms with Gasteiger partial charge in [0.2, 0.25) is 11.6 Å². The van der Waals surface area contributed by atoms with Crippen molar-refractivity contribution in [2.45, 2.75) is 26.7 Å². The van der Waals surface area contributed by atoms with Gasteiger partial charge in [0, 0.05) is 27.1 Å². The van der Waals surface area contributed by atoms with E-state index in [4.69, 9.17) is 0 Å². The van der Waals surface area contributed by atoms with Gasteiger partial charge >= 0.3 is 5.82 Å². The summed E-state index contributed by atoms with van der Waals surface area (Å²) in [6, 6.07) is 0. The molecule has 1 aromatic heterocycles. The van der Waals surface area contributed by atoms with Gasteiger partial charge in [0.05, 0.1) is 0 Å². The Hall–Kier alpha value is -1.63. The Morgan fingerprint density at radius 1 is 1.60 bits per heavy atom. The Morgan fingerprint density at radius 2 is 2.35 bits per heavy atom. The third-order valence-corrected chi connectivity index (χ3v) is 4.00. The molecule has 1 N–H and O–H groups in total. The second kappa shape index (κ2) is 6.21. The van der Waals surface area contributed by atoms with E-state index in [0.717, 1.165) is 26.2 Å². The first-order chi connectivity index (χ1) is 9.54. The number of hydrogen-bond donors (Lipinski definition) is 1. The number of nitrogens with zero attached hydrogens (tertiary/aromatic N) is 4. The molecule has 0 amide bonds. The van der Waals surface area contributed by atoms with Crippen molar-refractivity contribution in [2.24, 2.45) is 13.0 Å². The molecule has 0 bridgehead atoms. The van der Waals surface area contributed by atoms with Crippen LogP contribution < -0.4 is 10.2 Å². The lowest BCUT2D eigenvalue weighted by Gasteiger charge is -2.30. The lowest BCUT2D eigenvalue weighted by molar-refractivity contribution is -0.388. The molecule has 1 saturated heterocycles. The molecule has 7 heteroatoms. The number of rotatable bonds is 5. The van der Waals surface area contributed by atoms with Gasteiger partial charge < -0.3 is 20.3 Å². The molecule has 1 unspecified atom stereocenters. The van der Waals surface area contributed by atoms with Crippen LogP contribution in [0.2, 0.25) is 0 Å². The normalized spacial score (nSPS) is 19.1. The lowest BCUT2D eigenvalue weighted by Crippen LogP contribution is -2.39. The maximum Gasteiger partial charge on any atom is 0.406 e. The van der Waals surface area contributed by atoms with Gasteiger partial charge in [-0.2, -0.15) is 0 Å². The van der Waals surface area contributed by atoms with Gasteiger partial charge in [-0.1, -0.05) is 0 Å². The average Bonchev–Trinajstić information content (AvgIpc) is 2.74. The van der Waals surface area contributed by atoms with Crippen LogP contribution in [0.15, 0.2) is 0 Å². The molecule has 0 aromatic carbocycles. The Balaban J connectivity index is 2.24. The maximum atomic E-state index is 11.2. The van der Waals surface area contributed by atoms with Crippen LogP contribution in [0, 0.1) is 23.0 Å². The summed E-state index contributed by atoms with van der Waals surface area (Å²) in [6.07, 6.45) is 2.35. The van der Waals surface area contributed by atoms with Crippen molar-refractivity contribution in [1.29, 1.82) is 0 Å². The number of nitrogens with one attached hydrogen (secondary N) is 1. The molecular weight excluding hydrogens is 258 g/mol. The monoisotopic (exact) mass is 281 g/mol. The molecule has 1 atom stereocenters. The quantitative estimate of drug-likeness (QED) is 0.653. The fraction of sp³-hybridized carbons (Fsp3) is 0.769. The van der Waals surface area contributed by atoms with Crippen LogP contribution in [-0.2, 0) is 7.05 Å². The minimum Gasteiger partial charge on any atom is -0.358 e. The highest BCUT2D eigenvalue weighted by Crippen LogP contribution is 2.29. The molecule has 20 heavy (non-hydrogen) atoms. The largest absolute Gasteiger partial charge is 0.406 e. The van der Waals surface area contributed by atoms with Gasteiger partial charge in [-0.25, -0.2) is 0 Å². The van der Waals surface area contributed by atoms with Crippen LogP contribution in [0.25, 0.3) is 0 Å². The molecule has 2 heterocycles. The highest BCUT2D eigenvalue weighted by molar-refractivity contribution is 5.55. The predicted octanol–water partition coefficient (Wildman–Crippen LogP) is 1.46. The number of nitro groups is 1. The zero-order valence-corrected chi connectivity index (χ0v) is 12.4. The second-order valence-electron chi connectivity index (χ2n) is 5.37. The van der Waals surface area contributed by atoms with Gasteiger partial charge in [-0.3, -0.25) is 4.57 Å². The number of imidazole rings is 1. The molecule has 1 aromatic rings. The van der Waals surface area contributed by atoms with Crippen molar-refractivity contribution in [3.8, 4) is 0 Å². The molecule has 1 aliphatic heterocycles. The number of aryl methyl sites for hydroxylation is 1. The summed E-state index contributed by atoms with van der Waals surface area (Å²) >= 11 is 0. The van der Waals surface area contributed by atoms with E-state index in [1.165, 1.54) is 12.8 Å². The zero-order valence-electron chi connectivity index (χ0n) is 12.4. The molecule has 7 nitrogen and oxygen atoms in total. The molecule has 1 fully saturated rings. The fourth-order valence-corrected chi connectivity index (χ4v) is 2.81. The van der Waals surface area contributed by atoms with Crippen molar-refractivity contribution in [1.82, 2.24) is 14.9 Å². The Morgan fingerprint density at radius 3 is 2.90 bits per heavy atom. The zero-order chi connectivity index (χ0) is 14.7. The van der Waals surface area contributed by atoms with E-state index in [2.05, 4.69) is 15.2 Å². The summed E-state index contributed by atoms with van der Waals surface area (Å²) in [4.78, 5) is 17.0. The standard InChI is InChI=1S/C13H23N5O2/c1-4-17(9-11-6-5-7-14-8-11)13-12(18(19)20)15-10(2)16(13)3/h11,14H,4-9H2,1-3H3. The maximum absolute atomic E-state index is 11.2. The summed E-state index contributed by atoms with van der Waals surface area (Å²) < 4.78 is 1.82. The van der Waals surface area contributed by atoms with Crippen LogP contribution in [0.1, 0.15) is 25.6 Å². The molecule has 1 aliphatic rings. The summed E-state index contributed by atoms with van der Waals surface area (Å²) in [6.45, 7) is 7.48. The molecule has 112 valence electrons. The first kappa shape index (κ1) is 14.8. The Kier molecular flexibility index (Phi) is 4.59. The van der Waals surface area contributed by atoms with Crippen molar-refractivity contribution in [3.05, 3.63) is 15.9 Å². The first-order valence-electron chi connectivity index (χ1n) is 7.18. The van der Waals surface area contributed by atoms with Gasteiger partial charge in [0.15, 0.2) is 0 Å². The number of aromatic nitrogens is 2. The van der Waals surface area contributed by atoms with E-state index in [1.807, 2.05) is 18.5 Å². The highest BCUT2D eigenvalue weighted by atomic mass is 16.6. The van der Waals surface area contributed by atoms with Crippen LogP contribution >= 0.6 is 0 Å². The molecule has 0 radical (unpaired) electrons. The van der Waals surface area contributed by atoms with Crippen molar-refractivity contribution < 1.29 is 4.92 Å². The lowest BCUT2D eigenvalue weighted by atomic mass is 9.99. The van der Waals surface area contributed by atoms with E-state index in [-0.39, 0.29) is 10.7 Å². The smallest absolute Gasteiger partial charge is 0.358 e. The van der Waals surface area contributed by atoms with E-state index >= 15 is 0 Å². The van der Waals surface area contributed by atoms with E-state index in [0.29, 0.717) is 17.6 Å². The van der Waals surface area contributed by atoms with Crippen molar-refractivity contribution >= 4 is 11.6 Å². The SMILES string of the molecule is CCN(CC1CCCNC1)c1c([N+](=O)[O-])nc(C)n1C. The van der Waals surface area contributed by atoms with Crippen LogP contribution in [0.3, 0.4) is 0 Å². The van der Waals surface area contributed by atoms with Gasteiger partial charge in [0.1, 0.15) is 0 Å². The number of piperidine rings is 1. The minimum atomic E-state index is -0.385. The first-order valence-corrected chi connectivity index (χ1v) is 7.18. The molecule has 0 saturated carbocycles.